The summed E-state index contributed by atoms with van der Waals surface area (Å²) in [6.07, 6.45) is 3.00. The first-order valence-electron chi connectivity index (χ1n) is 14.2. The minimum Gasteiger partial charge on any atom is -0.468 e. The maximum atomic E-state index is 14.4. The van der Waals surface area contributed by atoms with Crippen molar-refractivity contribution in [2.45, 2.75) is 84.4 Å². The second kappa shape index (κ2) is 16.4. The van der Waals surface area contributed by atoms with Gasteiger partial charge in [0, 0.05) is 13.0 Å². The Hall–Kier alpha value is -3.88. The van der Waals surface area contributed by atoms with Crippen molar-refractivity contribution in [2.24, 2.45) is 0 Å². The summed E-state index contributed by atoms with van der Waals surface area (Å²) in [6, 6.07) is 14.7. The second-order valence-electron chi connectivity index (χ2n) is 11.0. The van der Waals surface area contributed by atoms with Gasteiger partial charge in [0.25, 0.3) is 0 Å². The van der Waals surface area contributed by atoms with E-state index in [-0.39, 0.29) is 19.5 Å². The third kappa shape index (κ3) is 11.3. The molecule has 224 valence electrons. The molecule has 2 atom stereocenters. The lowest BCUT2D eigenvalue weighted by molar-refractivity contribution is -0.144. The highest BCUT2D eigenvalue weighted by molar-refractivity contribution is 5.93. The van der Waals surface area contributed by atoms with Gasteiger partial charge in [-0.2, -0.15) is 0 Å². The first kappa shape index (κ1) is 33.3. The molecule has 9 heteroatoms. The molecule has 0 aromatic heterocycles. The summed E-state index contributed by atoms with van der Waals surface area (Å²) in [7, 11) is 1.24. The average Bonchev–Trinajstić information content (AvgIpc) is 2.92. The van der Waals surface area contributed by atoms with Crippen molar-refractivity contribution in [3.63, 3.8) is 0 Å². The van der Waals surface area contributed by atoms with Crippen LogP contribution >= 0.6 is 0 Å². The number of methoxy groups -OCH3 is 1. The van der Waals surface area contributed by atoms with E-state index < -0.39 is 41.6 Å². The van der Waals surface area contributed by atoms with E-state index in [2.05, 4.69) is 17.6 Å². The SMILES string of the molecule is CCCCCCN(C(=O)C(Cc1ccccc1)NC(=O)OC(C)(C)C)C(C(=O)NCC(=O)OC)c1ccccc1C. The average molecular weight is 568 g/mol. The van der Waals surface area contributed by atoms with Crippen LogP contribution in [0, 0.1) is 6.92 Å². The molecule has 0 heterocycles. The Balaban J connectivity index is 2.55. The van der Waals surface area contributed by atoms with Crippen molar-refractivity contribution >= 4 is 23.9 Å². The van der Waals surface area contributed by atoms with Gasteiger partial charge in [-0.3, -0.25) is 14.4 Å². The third-order valence-electron chi connectivity index (χ3n) is 6.49. The number of alkyl carbamates (subject to hydrolysis) is 1. The van der Waals surface area contributed by atoms with Crippen LogP contribution < -0.4 is 10.6 Å². The van der Waals surface area contributed by atoms with Crippen LogP contribution in [-0.2, 0) is 30.3 Å². The van der Waals surface area contributed by atoms with Gasteiger partial charge in [0.15, 0.2) is 0 Å². The number of benzene rings is 2. The summed E-state index contributed by atoms with van der Waals surface area (Å²) in [6.45, 7) is 9.17. The molecular formula is C32H45N3O6. The zero-order chi connectivity index (χ0) is 30.4. The second-order valence-corrected chi connectivity index (χ2v) is 11.0. The number of carbonyl (C=O) groups excluding carboxylic acids is 4. The zero-order valence-electron chi connectivity index (χ0n) is 25.2. The lowest BCUT2D eigenvalue weighted by Gasteiger charge is -2.35. The highest BCUT2D eigenvalue weighted by Crippen LogP contribution is 2.27. The van der Waals surface area contributed by atoms with Gasteiger partial charge in [0.1, 0.15) is 24.2 Å². The molecular weight excluding hydrogens is 522 g/mol. The Morgan fingerprint density at radius 2 is 1.59 bits per heavy atom. The molecule has 0 aliphatic rings. The Bertz CT molecular complexity index is 1150. The normalized spacial score (nSPS) is 12.5. The molecule has 2 aromatic rings. The summed E-state index contributed by atoms with van der Waals surface area (Å²) < 4.78 is 10.2. The van der Waals surface area contributed by atoms with Gasteiger partial charge >= 0.3 is 12.1 Å². The number of rotatable bonds is 14. The highest BCUT2D eigenvalue weighted by Gasteiger charge is 2.37. The van der Waals surface area contributed by atoms with Crippen LogP contribution in [-0.4, -0.2) is 60.6 Å². The van der Waals surface area contributed by atoms with Gasteiger partial charge < -0.3 is 25.0 Å². The summed E-state index contributed by atoms with van der Waals surface area (Å²) in [5.74, 6) is -1.53. The number of hydrogen-bond donors (Lipinski definition) is 2. The molecule has 2 rings (SSSR count). The van der Waals surface area contributed by atoms with E-state index in [9.17, 15) is 19.2 Å². The first-order chi connectivity index (χ1) is 19.5. The van der Waals surface area contributed by atoms with E-state index in [0.717, 1.165) is 30.4 Å². The number of amides is 3. The maximum absolute atomic E-state index is 14.4. The van der Waals surface area contributed by atoms with E-state index in [0.29, 0.717) is 12.0 Å². The van der Waals surface area contributed by atoms with E-state index in [4.69, 9.17) is 9.47 Å². The van der Waals surface area contributed by atoms with Crippen molar-refractivity contribution < 1.29 is 28.7 Å². The van der Waals surface area contributed by atoms with Crippen molar-refractivity contribution in [1.29, 1.82) is 0 Å². The van der Waals surface area contributed by atoms with Crippen LogP contribution in [0.3, 0.4) is 0 Å². The van der Waals surface area contributed by atoms with Crippen molar-refractivity contribution in [2.75, 3.05) is 20.2 Å². The number of nitrogens with zero attached hydrogens (tertiary/aromatic N) is 1. The molecule has 0 radical (unpaired) electrons. The predicted octanol–water partition coefficient (Wildman–Crippen LogP) is 4.87. The van der Waals surface area contributed by atoms with E-state index in [1.54, 1.807) is 26.8 Å². The van der Waals surface area contributed by atoms with Gasteiger partial charge in [-0.25, -0.2) is 4.79 Å². The van der Waals surface area contributed by atoms with Gasteiger partial charge in [-0.15, -0.1) is 0 Å². The lowest BCUT2D eigenvalue weighted by Crippen LogP contribution is -2.54. The number of nitrogens with one attached hydrogen (secondary N) is 2. The topological polar surface area (TPSA) is 114 Å². The van der Waals surface area contributed by atoms with Crippen LogP contribution in [0.15, 0.2) is 54.6 Å². The number of unbranched alkanes of at least 4 members (excludes halogenated alkanes) is 3. The van der Waals surface area contributed by atoms with Crippen LogP contribution in [0.25, 0.3) is 0 Å². The summed E-state index contributed by atoms with van der Waals surface area (Å²) in [5, 5.41) is 5.40. The fourth-order valence-electron chi connectivity index (χ4n) is 4.45. The van der Waals surface area contributed by atoms with Crippen molar-refractivity contribution in [3.05, 3.63) is 71.3 Å². The Morgan fingerprint density at radius 1 is 0.927 bits per heavy atom. The van der Waals surface area contributed by atoms with E-state index in [1.807, 2.05) is 55.5 Å². The number of carbonyl (C=O) groups is 4. The molecule has 41 heavy (non-hydrogen) atoms. The smallest absolute Gasteiger partial charge is 0.408 e. The fourth-order valence-corrected chi connectivity index (χ4v) is 4.45. The van der Waals surface area contributed by atoms with Crippen LogP contribution in [0.4, 0.5) is 4.79 Å². The minimum absolute atomic E-state index is 0.203. The number of ether oxygens (including phenoxy) is 2. The third-order valence-corrected chi connectivity index (χ3v) is 6.49. The van der Waals surface area contributed by atoms with Crippen molar-refractivity contribution in [3.8, 4) is 0 Å². The fraction of sp³-hybridized carbons (Fsp3) is 0.500. The molecule has 0 fully saturated rings. The largest absolute Gasteiger partial charge is 0.468 e. The molecule has 3 amide bonds. The van der Waals surface area contributed by atoms with Gasteiger partial charge in [-0.05, 0) is 50.8 Å². The molecule has 0 bridgehead atoms. The standard InChI is InChI=1S/C32H45N3O6/c1-7-8-9-15-20-35(28(25-19-14-13-16-23(25)2)29(37)33-22-27(36)40-6)30(38)26(21-24-17-11-10-12-18-24)34-31(39)41-32(3,4)5/h10-14,16-19,26,28H,7-9,15,20-22H2,1-6H3,(H,33,37)(H,34,39). The molecule has 0 aliphatic carbocycles. The molecule has 0 aliphatic heterocycles. The number of aryl methyl sites for hydroxylation is 1. The Kier molecular flexibility index (Phi) is 13.3. The summed E-state index contributed by atoms with van der Waals surface area (Å²) in [4.78, 5) is 54.4. The lowest BCUT2D eigenvalue weighted by atomic mass is 9.96. The summed E-state index contributed by atoms with van der Waals surface area (Å²) in [5.41, 5.74) is 1.53. The molecule has 2 aromatic carbocycles. The molecule has 0 spiro atoms. The van der Waals surface area contributed by atoms with Crippen LogP contribution in [0.1, 0.15) is 76.1 Å². The van der Waals surface area contributed by atoms with Crippen molar-refractivity contribution in [1.82, 2.24) is 15.5 Å². The van der Waals surface area contributed by atoms with Gasteiger partial charge in [0.2, 0.25) is 11.8 Å². The zero-order valence-corrected chi connectivity index (χ0v) is 25.2. The van der Waals surface area contributed by atoms with E-state index in [1.165, 1.54) is 12.0 Å². The monoisotopic (exact) mass is 567 g/mol. The van der Waals surface area contributed by atoms with Gasteiger partial charge in [0.05, 0.1) is 7.11 Å². The Labute approximate surface area is 244 Å². The highest BCUT2D eigenvalue weighted by atomic mass is 16.6. The number of hydrogen-bond acceptors (Lipinski definition) is 6. The minimum atomic E-state index is -1.03. The molecule has 0 saturated heterocycles. The summed E-state index contributed by atoms with van der Waals surface area (Å²) >= 11 is 0. The quantitative estimate of drug-likeness (QED) is 0.249. The molecule has 9 nitrogen and oxygen atoms in total. The Morgan fingerprint density at radius 3 is 2.20 bits per heavy atom. The molecule has 2 N–H and O–H groups in total. The number of esters is 1. The van der Waals surface area contributed by atoms with Gasteiger partial charge in [-0.1, -0.05) is 80.8 Å². The molecule has 0 saturated carbocycles. The predicted molar refractivity (Wildman–Crippen MR) is 158 cm³/mol. The first-order valence-corrected chi connectivity index (χ1v) is 14.2. The molecule has 2 unspecified atom stereocenters. The maximum Gasteiger partial charge on any atom is 0.408 e. The van der Waals surface area contributed by atoms with Crippen LogP contribution in [0.2, 0.25) is 0 Å². The van der Waals surface area contributed by atoms with Crippen LogP contribution in [0.5, 0.6) is 0 Å². The van der Waals surface area contributed by atoms with E-state index >= 15 is 0 Å².